The third kappa shape index (κ3) is 3.29. The molecule has 3 unspecified atom stereocenters. The van der Waals surface area contributed by atoms with Crippen LogP contribution in [0, 0.1) is 10.1 Å². The zero-order chi connectivity index (χ0) is 20.5. The van der Waals surface area contributed by atoms with Crippen LogP contribution in [0.2, 0.25) is 0 Å². The highest BCUT2D eigenvalue weighted by Crippen LogP contribution is 2.52. The molecule has 3 atom stereocenters. The van der Waals surface area contributed by atoms with Crippen LogP contribution in [0.25, 0.3) is 0 Å². The molecule has 0 aliphatic carbocycles. The molecular formula is C20H22N4O4S. The number of nitro benzene ring substituents is 1. The van der Waals surface area contributed by atoms with Gasteiger partial charge in [0.05, 0.1) is 42.5 Å². The van der Waals surface area contributed by atoms with Gasteiger partial charge in [0, 0.05) is 18.0 Å². The molecule has 9 heteroatoms. The van der Waals surface area contributed by atoms with Gasteiger partial charge in [-0.05, 0) is 24.6 Å². The molecule has 0 radical (unpaired) electrons. The summed E-state index contributed by atoms with van der Waals surface area (Å²) < 4.78 is 10.7. The largest absolute Gasteiger partial charge is 0.493 e. The van der Waals surface area contributed by atoms with E-state index in [4.69, 9.17) is 14.5 Å². The van der Waals surface area contributed by atoms with Gasteiger partial charge in [-0.3, -0.25) is 20.1 Å². The number of nitro groups is 1. The van der Waals surface area contributed by atoms with Crippen molar-refractivity contribution in [2.24, 2.45) is 4.99 Å². The molecule has 2 aliphatic heterocycles. The van der Waals surface area contributed by atoms with Crippen molar-refractivity contribution >= 4 is 22.6 Å². The number of aromatic nitrogens is 1. The van der Waals surface area contributed by atoms with E-state index in [1.54, 1.807) is 24.0 Å². The number of nitrogens with zero attached hydrogens (tertiary/aromatic N) is 4. The Labute approximate surface area is 173 Å². The third-order valence-corrected chi connectivity index (χ3v) is 6.50. The highest BCUT2D eigenvalue weighted by atomic mass is 32.2. The maximum absolute atomic E-state index is 12.0. The lowest BCUT2D eigenvalue weighted by molar-refractivity contribution is -0.386. The summed E-state index contributed by atoms with van der Waals surface area (Å²) in [5, 5.41) is 12.9. The molecule has 0 N–H and O–H groups in total. The summed E-state index contributed by atoms with van der Waals surface area (Å²) in [6.07, 6.45) is 2.65. The van der Waals surface area contributed by atoms with Crippen LogP contribution in [0.1, 0.15) is 36.7 Å². The van der Waals surface area contributed by atoms with Gasteiger partial charge in [0.2, 0.25) is 0 Å². The Balaban J connectivity index is 1.91. The molecule has 1 fully saturated rings. The summed E-state index contributed by atoms with van der Waals surface area (Å²) in [6, 6.07) is 8.43. The van der Waals surface area contributed by atoms with Gasteiger partial charge in [-0.15, -0.1) is 0 Å². The van der Waals surface area contributed by atoms with Crippen molar-refractivity contribution in [2.45, 2.75) is 31.5 Å². The molecule has 0 spiro atoms. The number of amidine groups is 1. The second-order valence-electron chi connectivity index (χ2n) is 6.86. The van der Waals surface area contributed by atoms with Crippen LogP contribution < -0.4 is 9.47 Å². The number of hydrogen-bond donors (Lipinski definition) is 0. The maximum Gasteiger partial charge on any atom is 0.278 e. The van der Waals surface area contributed by atoms with Crippen LogP contribution in [0.4, 0.5) is 5.69 Å². The van der Waals surface area contributed by atoms with E-state index in [1.165, 1.54) is 20.3 Å². The number of aliphatic imine (C=N–C) groups is 1. The number of thioether (sulfide) groups is 1. The standard InChI is InChI=1S/C20H22N4O4S/c1-4-12-11-29-20-22-18(14-7-5-6-8-21-14)19(23(12)20)13-9-16(27-2)17(28-3)10-15(13)24(25)26/h5-10,12,18-19H,4,11H2,1-3H3. The number of methoxy groups -OCH3 is 2. The Morgan fingerprint density at radius 3 is 2.66 bits per heavy atom. The molecular weight excluding hydrogens is 392 g/mol. The lowest BCUT2D eigenvalue weighted by atomic mass is 9.93. The van der Waals surface area contributed by atoms with E-state index in [-0.39, 0.29) is 28.7 Å². The summed E-state index contributed by atoms with van der Waals surface area (Å²) in [4.78, 5) is 23.2. The average molecular weight is 414 g/mol. The summed E-state index contributed by atoms with van der Waals surface area (Å²) in [7, 11) is 3.00. The van der Waals surface area contributed by atoms with Crippen LogP contribution in [-0.2, 0) is 0 Å². The van der Waals surface area contributed by atoms with Gasteiger partial charge in [-0.1, -0.05) is 24.8 Å². The fourth-order valence-electron chi connectivity index (χ4n) is 3.97. The summed E-state index contributed by atoms with van der Waals surface area (Å²) >= 11 is 1.70. The van der Waals surface area contributed by atoms with Crippen molar-refractivity contribution in [1.29, 1.82) is 0 Å². The van der Waals surface area contributed by atoms with Gasteiger partial charge >= 0.3 is 0 Å². The molecule has 152 valence electrons. The smallest absolute Gasteiger partial charge is 0.278 e. The van der Waals surface area contributed by atoms with Gasteiger partial charge in [0.15, 0.2) is 16.7 Å². The molecule has 1 saturated heterocycles. The van der Waals surface area contributed by atoms with Crippen molar-refractivity contribution in [2.75, 3.05) is 20.0 Å². The van der Waals surface area contributed by atoms with Gasteiger partial charge in [-0.2, -0.15) is 0 Å². The fourth-order valence-corrected chi connectivity index (χ4v) is 5.30. The van der Waals surface area contributed by atoms with E-state index >= 15 is 0 Å². The van der Waals surface area contributed by atoms with Crippen molar-refractivity contribution in [3.05, 3.63) is 57.9 Å². The van der Waals surface area contributed by atoms with Gasteiger partial charge in [-0.25, -0.2) is 0 Å². The SMILES string of the molecule is CCC1CSC2=NC(c3ccccn3)C(c3cc(OC)c(OC)cc3[N+](=O)[O-])N21. The first kappa shape index (κ1) is 19.5. The van der Waals surface area contributed by atoms with Crippen molar-refractivity contribution in [3.63, 3.8) is 0 Å². The molecule has 29 heavy (non-hydrogen) atoms. The molecule has 1 aromatic heterocycles. The first-order valence-corrected chi connectivity index (χ1v) is 10.4. The Morgan fingerprint density at radius 1 is 1.28 bits per heavy atom. The van der Waals surface area contributed by atoms with Crippen LogP contribution >= 0.6 is 11.8 Å². The number of benzene rings is 1. The molecule has 3 heterocycles. The second kappa shape index (κ2) is 7.90. The summed E-state index contributed by atoms with van der Waals surface area (Å²) in [6.45, 7) is 2.13. The number of hydrogen-bond acceptors (Lipinski definition) is 8. The quantitative estimate of drug-likeness (QED) is 0.521. The van der Waals surface area contributed by atoms with E-state index in [0.717, 1.165) is 23.0 Å². The lowest BCUT2D eigenvalue weighted by Crippen LogP contribution is -2.35. The number of pyridine rings is 1. The predicted octanol–water partition coefficient (Wildman–Crippen LogP) is 3.99. The van der Waals surface area contributed by atoms with E-state index in [0.29, 0.717) is 17.1 Å². The van der Waals surface area contributed by atoms with E-state index in [2.05, 4.69) is 16.8 Å². The Hall–Kier alpha value is -2.81. The first-order valence-electron chi connectivity index (χ1n) is 9.39. The van der Waals surface area contributed by atoms with Crippen LogP contribution in [0.15, 0.2) is 41.5 Å². The molecule has 0 amide bonds. The van der Waals surface area contributed by atoms with Crippen molar-refractivity contribution in [1.82, 2.24) is 9.88 Å². The molecule has 2 aliphatic rings. The highest BCUT2D eigenvalue weighted by molar-refractivity contribution is 8.14. The van der Waals surface area contributed by atoms with Crippen molar-refractivity contribution < 1.29 is 14.4 Å². The molecule has 0 saturated carbocycles. The average Bonchev–Trinajstić information content (AvgIpc) is 3.32. The Morgan fingerprint density at radius 2 is 2.03 bits per heavy atom. The van der Waals surface area contributed by atoms with Crippen molar-refractivity contribution in [3.8, 4) is 11.5 Å². The summed E-state index contributed by atoms with van der Waals surface area (Å²) in [5.41, 5.74) is 1.35. The Kier molecular flexibility index (Phi) is 5.31. The predicted molar refractivity (Wildman–Crippen MR) is 112 cm³/mol. The van der Waals surface area contributed by atoms with Gasteiger partial charge in [0.1, 0.15) is 6.04 Å². The third-order valence-electron chi connectivity index (χ3n) is 5.38. The minimum Gasteiger partial charge on any atom is -0.493 e. The molecule has 0 bridgehead atoms. The number of fused-ring (bicyclic) bond motifs is 1. The number of ether oxygens (including phenoxy) is 2. The first-order chi connectivity index (χ1) is 14.1. The monoisotopic (exact) mass is 414 g/mol. The zero-order valence-electron chi connectivity index (χ0n) is 16.4. The molecule has 8 nitrogen and oxygen atoms in total. The van der Waals surface area contributed by atoms with E-state index in [9.17, 15) is 10.1 Å². The number of rotatable bonds is 6. The highest BCUT2D eigenvalue weighted by Gasteiger charge is 2.47. The van der Waals surface area contributed by atoms with E-state index in [1.807, 2.05) is 18.2 Å². The molecule has 1 aromatic carbocycles. The summed E-state index contributed by atoms with van der Waals surface area (Å²) in [5.74, 6) is 1.71. The van der Waals surface area contributed by atoms with E-state index < -0.39 is 0 Å². The molecule has 2 aromatic rings. The minimum absolute atomic E-state index is 0.00298. The zero-order valence-corrected chi connectivity index (χ0v) is 17.3. The lowest BCUT2D eigenvalue weighted by Gasteiger charge is -2.31. The fraction of sp³-hybridized carbons (Fsp3) is 0.400. The van der Waals surface area contributed by atoms with Crippen LogP contribution in [0.5, 0.6) is 11.5 Å². The minimum atomic E-state index is -0.366. The Bertz CT molecular complexity index is 953. The molecule has 4 rings (SSSR count). The van der Waals surface area contributed by atoms with Crippen LogP contribution in [0.3, 0.4) is 0 Å². The van der Waals surface area contributed by atoms with Gasteiger partial charge < -0.3 is 14.4 Å². The maximum atomic E-state index is 12.0. The van der Waals surface area contributed by atoms with Gasteiger partial charge in [0.25, 0.3) is 5.69 Å². The normalized spacial score (nSPS) is 22.9. The topological polar surface area (TPSA) is 90.1 Å². The van der Waals surface area contributed by atoms with Crippen LogP contribution in [-0.4, -0.2) is 46.0 Å². The second-order valence-corrected chi connectivity index (χ2v) is 7.85.